The van der Waals surface area contributed by atoms with E-state index in [0.717, 1.165) is 11.1 Å². The molecule has 0 spiro atoms. The van der Waals surface area contributed by atoms with Crippen LogP contribution < -0.4 is 9.47 Å². The molecule has 0 N–H and O–H groups in total. The van der Waals surface area contributed by atoms with Crippen LogP contribution in [-0.4, -0.2) is 37.6 Å². The minimum absolute atomic E-state index is 0.0699. The first-order valence-electron chi connectivity index (χ1n) is 7.54. The van der Waals surface area contributed by atoms with Crippen LogP contribution in [0.25, 0.3) is 6.08 Å². The van der Waals surface area contributed by atoms with Gasteiger partial charge in [0.25, 0.3) is 0 Å². The van der Waals surface area contributed by atoms with E-state index in [-0.39, 0.29) is 5.91 Å². The number of carbonyl (C=O) groups excluding carboxylic acids is 1. The first kappa shape index (κ1) is 19.1. The van der Waals surface area contributed by atoms with Gasteiger partial charge in [-0.25, -0.2) is 0 Å². The summed E-state index contributed by atoms with van der Waals surface area (Å²) in [5.41, 5.74) is 1.72. The van der Waals surface area contributed by atoms with Crippen LogP contribution in [0.1, 0.15) is 26.3 Å². The van der Waals surface area contributed by atoms with Gasteiger partial charge in [0.05, 0.1) is 18.7 Å². The van der Waals surface area contributed by atoms with Crippen molar-refractivity contribution in [2.45, 2.75) is 20.8 Å². The van der Waals surface area contributed by atoms with Crippen molar-refractivity contribution in [1.29, 1.82) is 0 Å². The molecule has 1 amide bonds. The fourth-order valence-corrected chi connectivity index (χ4v) is 2.34. The zero-order valence-electron chi connectivity index (χ0n) is 14.2. The van der Waals surface area contributed by atoms with Crippen LogP contribution in [-0.2, 0) is 4.79 Å². The van der Waals surface area contributed by atoms with E-state index >= 15 is 0 Å². The van der Waals surface area contributed by atoms with Crippen molar-refractivity contribution in [1.82, 2.24) is 4.90 Å². The Morgan fingerprint density at radius 2 is 2.09 bits per heavy atom. The molecule has 0 saturated heterocycles. The number of ether oxygens (including phenoxy) is 2. The summed E-state index contributed by atoms with van der Waals surface area (Å²) in [6.07, 6.45) is 3.24. The van der Waals surface area contributed by atoms with Crippen molar-refractivity contribution in [3.63, 3.8) is 0 Å². The minimum atomic E-state index is -0.0699. The molecule has 0 unspecified atom stereocenters. The molecule has 0 atom stereocenters. The van der Waals surface area contributed by atoms with E-state index in [9.17, 15) is 4.79 Å². The Morgan fingerprint density at radius 3 is 2.61 bits per heavy atom. The topological polar surface area (TPSA) is 38.8 Å². The maximum Gasteiger partial charge on any atom is 0.246 e. The molecule has 126 valence electrons. The highest BCUT2D eigenvalue weighted by Crippen LogP contribution is 2.36. The number of hydrogen-bond donors (Lipinski definition) is 0. The van der Waals surface area contributed by atoms with Crippen LogP contribution in [0.2, 0.25) is 5.02 Å². The van der Waals surface area contributed by atoms with Crippen molar-refractivity contribution in [2.24, 2.45) is 0 Å². The van der Waals surface area contributed by atoms with Gasteiger partial charge in [-0.2, -0.15) is 0 Å². The molecule has 1 aromatic rings. The zero-order chi connectivity index (χ0) is 17.4. The Kier molecular flexibility index (Phi) is 7.69. The lowest BCUT2D eigenvalue weighted by Gasteiger charge is -2.19. The highest BCUT2D eigenvalue weighted by molar-refractivity contribution is 6.32. The summed E-state index contributed by atoms with van der Waals surface area (Å²) in [6, 6.07) is 3.53. The van der Waals surface area contributed by atoms with Gasteiger partial charge in [-0.1, -0.05) is 23.8 Å². The van der Waals surface area contributed by atoms with Gasteiger partial charge in [0.1, 0.15) is 0 Å². The predicted molar refractivity (Wildman–Crippen MR) is 95.3 cm³/mol. The number of rotatable bonds is 8. The molecule has 23 heavy (non-hydrogen) atoms. The molecule has 0 bridgehead atoms. The number of hydrogen-bond acceptors (Lipinski definition) is 3. The minimum Gasteiger partial charge on any atom is -0.493 e. The van der Waals surface area contributed by atoms with Gasteiger partial charge >= 0.3 is 0 Å². The third-order valence-corrected chi connectivity index (χ3v) is 3.39. The first-order valence-corrected chi connectivity index (χ1v) is 7.92. The molecule has 0 fully saturated rings. The SMILES string of the molecule is C=C(C)CN(CC)C(=O)C=Cc1cc(Cl)c(OCC)c(OC)c1. The first-order chi connectivity index (χ1) is 10.9. The van der Waals surface area contributed by atoms with Crippen LogP contribution in [0, 0.1) is 0 Å². The van der Waals surface area contributed by atoms with Gasteiger partial charge in [-0.3, -0.25) is 4.79 Å². The van der Waals surface area contributed by atoms with Gasteiger partial charge in [0.15, 0.2) is 11.5 Å². The summed E-state index contributed by atoms with van der Waals surface area (Å²) in [7, 11) is 1.55. The molecule has 0 aliphatic carbocycles. The van der Waals surface area contributed by atoms with Crippen LogP contribution >= 0.6 is 11.6 Å². The van der Waals surface area contributed by atoms with Crippen molar-refractivity contribution >= 4 is 23.6 Å². The Bertz CT molecular complexity index is 596. The largest absolute Gasteiger partial charge is 0.493 e. The average molecular weight is 338 g/mol. The van der Waals surface area contributed by atoms with Crippen molar-refractivity contribution in [3.05, 3.63) is 40.9 Å². The number of nitrogens with zero attached hydrogens (tertiary/aromatic N) is 1. The van der Waals surface area contributed by atoms with Gasteiger partial charge in [0, 0.05) is 19.2 Å². The van der Waals surface area contributed by atoms with Crippen molar-refractivity contribution in [3.8, 4) is 11.5 Å². The average Bonchev–Trinajstić information content (AvgIpc) is 2.52. The van der Waals surface area contributed by atoms with E-state index in [4.69, 9.17) is 21.1 Å². The highest BCUT2D eigenvalue weighted by Gasteiger charge is 2.12. The van der Waals surface area contributed by atoms with Crippen molar-refractivity contribution < 1.29 is 14.3 Å². The molecule has 1 rings (SSSR count). The van der Waals surface area contributed by atoms with E-state index in [0.29, 0.717) is 36.2 Å². The maximum atomic E-state index is 12.2. The molecule has 0 aromatic heterocycles. The standard InChI is InChI=1S/C18H24ClNO3/c1-6-20(12-13(3)4)17(21)9-8-14-10-15(19)18(23-7-2)16(11-14)22-5/h8-11H,3,6-7,12H2,1-2,4-5H3. The maximum absolute atomic E-state index is 12.2. The molecule has 0 saturated carbocycles. The van der Waals surface area contributed by atoms with Gasteiger partial charge < -0.3 is 14.4 Å². The molecule has 0 heterocycles. The van der Waals surface area contributed by atoms with Gasteiger partial charge in [0.2, 0.25) is 5.91 Å². The lowest BCUT2D eigenvalue weighted by Crippen LogP contribution is -2.30. The smallest absolute Gasteiger partial charge is 0.246 e. The van der Waals surface area contributed by atoms with E-state index < -0.39 is 0 Å². The highest BCUT2D eigenvalue weighted by atomic mass is 35.5. The van der Waals surface area contributed by atoms with E-state index in [1.807, 2.05) is 20.8 Å². The van der Waals surface area contributed by atoms with Crippen molar-refractivity contribution in [2.75, 3.05) is 26.8 Å². The van der Waals surface area contributed by atoms with Crippen LogP contribution in [0.15, 0.2) is 30.4 Å². The molecule has 5 heteroatoms. The number of benzene rings is 1. The number of likely N-dealkylation sites (N-methyl/N-ethyl adjacent to an activating group) is 1. The second kappa shape index (κ2) is 9.26. The monoisotopic (exact) mass is 337 g/mol. The van der Waals surface area contributed by atoms with E-state index in [2.05, 4.69) is 6.58 Å². The number of methoxy groups -OCH3 is 1. The Morgan fingerprint density at radius 1 is 1.39 bits per heavy atom. The quantitative estimate of drug-likeness (QED) is 0.527. The third kappa shape index (κ3) is 5.64. The number of halogens is 1. The summed E-state index contributed by atoms with van der Waals surface area (Å²) < 4.78 is 10.8. The van der Waals surface area contributed by atoms with E-state index in [1.54, 1.807) is 30.2 Å². The number of carbonyl (C=O) groups is 1. The molecule has 0 aliphatic heterocycles. The van der Waals surface area contributed by atoms with E-state index in [1.165, 1.54) is 6.08 Å². The summed E-state index contributed by atoms with van der Waals surface area (Å²) in [5.74, 6) is 0.984. The normalized spacial score (nSPS) is 10.7. The Balaban J connectivity index is 2.97. The zero-order valence-corrected chi connectivity index (χ0v) is 14.9. The lowest BCUT2D eigenvalue weighted by atomic mass is 10.1. The second-order valence-corrected chi connectivity index (χ2v) is 5.52. The predicted octanol–water partition coefficient (Wildman–Crippen LogP) is 4.19. The van der Waals surface area contributed by atoms with Crippen LogP contribution in [0.4, 0.5) is 0 Å². The summed E-state index contributed by atoms with van der Waals surface area (Å²) in [4.78, 5) is 13.9. The third-order valence-electron chi connectivity index (χ3n) is 3.11. The molecule has 0 aliphatic rings. The molecular formula is C18H24ClNO3. The molecular weight excluding hydrogens is 314 g/mol. The number of amides is 1. The Labute approximate surface area is 143 Å². The van der Waals surface area contributed by atoms with Crippen LogP contribution in [0.5, 0.6) is 11.5 Å². The summed E-state index contributed by atoms with van der Waals surface area (Å²) in [5, 5.41) is 0.451. The lowest BCUT2D eigenvalue weighted by molar-refractivity contribution is -0.125. The second-order valence-electron chi connectivity index (χ2n) is 5.11. The van der Waals surface area contributed by atoms with Crippen LogP contribution in [0.3, 0.4) is 0 Å². The molecule has 0 radical (unpaired) electrons. The molecule has 4 nitrogen and oxygen atoms in total. The summed E-state index contributed by atoms with van der Waals surface area (Å²) in [6.45, 7) is 11.2. The van der Waals surface area contributed by atoms with Gasteiger partial charge in [-0.15, -0.1) is 0 Å². The summed E-state index contributed by atoms with van der Waals surface area (Å²) >= 11 is 6.22. The Hall–Kier alpha value is -1.94. The fourth-order valence-electron chi connectivity index (χ4n) is 2.06. The van der Waals surface area contributed by atoms with Gasteiger partial charge in [-0.05, 0) is 44.5 Å². The fraction of sp³-hybridized carbons (Fsp3) is 0.389. The molecule has 1 aromatic carbocycles.